The van der Waals surface area contributed by atoms with Crippen LogP contribution in [0.3, 0.4) is 0 Å². The maximum absolute atomic E-state index is 11.6. The van der Waals surface area contributed by atoms with Crippen LogP contribution in [0.4, 0.5) is 0 Å². The molecule has 5 nitrogen and oxygen atoms in total. The van der Waals surface area contributed by atoms with Crippen molar-refractivity contribution in [2.75, 3.05) is 18.1 Å². The quantitative estimate of drug-likeness (QED) is 0.692. The molecule has 0 aromatic heterocycles. The van der Waals surface area contributed by atoms with Crippen LogP contribution in [0.25, 0.3) is 0 Å². The van der Waals surface area contributed by atoms with Gasteiger partial charge in [0.15, 0.2) is 9.84 Å². The van der Waals surface area contributed by atoms with Gasteiger partial charge in [0.05, 0.1) is 17.5 Å². The van der Waals surface area contributed by atoms with Gasteiger partial charge in [-0.1, -0.05) is 13.8 Å². The Bertz CT molecular complexity index is 326. The fraction of sp³-hybridized carbons (Fsp3) is 0.889. The highest BCUT2D eigenvalue weighted by Crippen LogP contribution is 2.16. The molecule has 15 heavy (non-hydrogen) atoms. The van der Waals surface area contributed by atoms with Gasteiger partial charge in [0.1, 0.15) is 0 Å². The summed E-state index contributed by atoms with van der Waals surface area (Å²) in [6.45, 7) is 4.29. The molecule has 0 aromatic rings. The highest BCUT2D eigenvalue weighted by Gasteiger charge is 2.33. The molecular formula is C9H18N2O3S. The molecule has 1 heterocycles. The molecule has 1 aliphatic rings. The monoisotopic (exact) mass is 234 g/mol. The van der Waals surface area contributed by atoms with E-state index in [1.165, 1.54) is 5.01 Å². The minimum Gasteiger partial charge on any atom is -0.274 e. The SMILES string of the molecule is CCNN(C(=O)CC)C1CCS(=O)(=O)C1. The highest BCUT2D eigenvalue weighted by atomic mass is 32.2. The molecule has 0 radical (unpaired) electrons. The van der Waals surface area contributed by atoms with Gasteiger partial charge in [0.25, 0.3) is 0 Å². The van der Waals surface area contributed by atoms with Gasteiger partial charge in [0.2, 0.25) is 5.91 Å². The number of hydrogen-bond acceptors (Lipinski definition) is 4. The van der Waals surface area contributed by atoms with E-state index in [9.17, 15) is 13.2 Å². The van der Waals surface area contributed by atoms with E-state index in [1.54, 1.807) is 6.92 Å². The van der Waals surface area contributed by atoms with Gasteiger partial charge in [-0.15, -0.1) is 0 Å². The summed E-state index contributed by atoms with van der Waals surface area (Å²) in [6.07, 6.45) is 0.935. The average Bonchev–Trinajstić information content (AvgIpc) is 2.54. The van der Waals surface area contributed by atoms with Crippen LogP contribution in [0.5, 0.6) is 0 Å². The van der Waals surface area contributed by atoms with Crippen LogP contribution < -0.4 is 5.43 Å². The number of hydrazine groups is 1. The summed E-state index contributed by atoms with van der Waals surface area (Å²) in [5.41, 5.74) is 2.93. The summed E-state index contributed by atoms with van der Waals surface area (Å²) in [5.74, 6) is 0.237. The van der Waals surface area contributed by atoms with E-state index in [4.69, 9.17) is 0 Å². The van der Waals surface area contributed by atoms with Crippen LogP contribution >= 0.6 is 0 Å². The summed E-state index contributed by atoms with van der Waals surface area (Å²) in [7, 11) is -2.93. The maximum Gasteiger partial charge on any atom is 0.236 e. The van der Waals surface area contributed by atoms with Crippen LogP contribution in [0.1, 0.15) is 26.7 Å². The first-order valence-corrected chi connectivity index (χ1v) is 7.08. The molecule has 1 N–H and O–H groups in total. The summed E-state index contributed by atoms with van der Waals surface area (Å²) >= 11 is 0. The number of hydrogen-bond donors (Lipinski definition) is 1. The fourth-order valence-electron chi connectivity index (χ4n) is 1.74. The Labute approximate surface area is 90.7 Å². The van der Waals surface area contributed by atoms with Crippen molar-refractivity contribution in [3.8, 4) is 0 Å². The molecule has 0 aliphatic carbocycles. The van der Waals surface area contributed by atoms with Crippen LogP contribution in [0.15, 0.2) is 0 Å². The zero-order chi connectivity index (χ0) is 11.5. The van der Waals surface area contributed by atoms with Crippen molar-refractivity contribution in [1.29, 1.82) is 0 Å². The van der Waals surface area contributed by atoms with Gasteiger partial charge < -0.3 is 0 Å². The standard InChI is InChI=1S/C9H18N2O3S/c1-3-9(12)11(10-4-2)8-5-6-15(13,14)7-8/h8,10H,3-7H2,1-2H3. The van der Waals surface area contributed by atoms with Crippen molar-refractivity contribution in [1.82, 2.24) is 10.4 Å². The number of nitrogens with zero attached hydrogens (tertiary/aromatic N) is 1. The van der Waals surface area contributed by atoms with Gasteiger partial charge in [-0.25, -0.2) is 13.8 Å². The first-order valence-electron chi connectivity index (χ1n) is 5.26. The number of carbonyl (C=O) groups excluding carboxylic acids is 1. The van der Waals surface area contributed by atoms with Crippen LogP contribution in [0, 0.1) is 0 Å². The van der Waals surface area contributed by atoms with Crippen molar-refractivity contribution < 1.29 is 13.2 Å². The van der Waals surface area contributed by atoms with Gasteiger partial charge in [-0.2, -0.15) is 0 Å². The first-order chi connectivity index (χ1) is 7.00. The number of amides is 1. The predicted octanol–water partition coefficient (Wildman–Crippen LogP) is -0.0634. The second kappa shape index (κ2) is 4.94. The molecule has 1 saturated heterocycles. The third-order valence-corrected chi connectivity index (χ3v) is 4.22. The molecule has 6 heteroatoms. The Hall–Kier alpha value is -0.620. The lowest BCUT2D eigenvalue weighted by Gasteiger charge is -2.27. The van der Waals surface area contributed by atoms with Crippen LogP contribution in [-0.4, -0.2) is 43.4 Å². The Morgan fingerprint density at radius 1 is 1.47 bits per heavy atom. The molecule has 1 aliphatic heterocycles. The van der Waals surface area contributed by atoms with E-state index >= 15 is 0 Å². The lowest BCUT2D eigenvalue weighted by molar-refractivity contribution is -0.136. The molecule has 1 amide bonds. The normalized spacial score (nSPS) is 24.0. The highest BCUT2D eigenvalue weighted by molar-refractivity contribution is 7.91. The van der Waals surface area contributed by atoms with Gasteiger partial charge >= 0.3 is 0 Å². The Kier molecular flexibility index (Phi) is 4.10. The number of sulfone groups is 1. The van der Waals surface area contributed by atoms with Crippen LogP contribution in [-0.2, 0) is 14.6 Å². The first kappa shape index (κ1) is 12.4. The van der Waals surface area contributed by atoms with Crippen molar-refractivity contribution in [3.05, 3.63) is 0 Å². The lowest BCUT2D eigenvalue weighted by Crippen LogP contribution is -2.49. The van der Waals surface area contributed by atoms with E-state index in [-0.39, 0.29) is 23.5 Å². The molecule has 88 valence electrons. The zero-order valence-corrected chi connectivity index (χ0v) is 10.0. The molecule has 0 bridgehead atoms. The third kappa shape index (κ3) is 3.17. The topological polar surface area (TPSA) is 66.5 Å². The van der Waals surface area contributed by atoms with Crippen LogP contribution in [0.2, 0.25) is 0 Å². The third-order valence-electron chi connectivity index (χ3n) is 2.47. The minimum absolute atomic E-state index is 0.0426. The van der Waals surface area contributed by atoms with E-state index in [0.717, 1.165) is 0 Å². The Morgan fingerprint density at radius 3 is 2.53 bits per heavy atom. The molecule has 1 unspecified atom stereocenters. The Morgan fingerprint density at radius 2 is 2.13 bits per heavy atom. The van der Waals surface area contributed by atoms with Gasteiger partial charge in [0, 0.05) is 13.0 Å². The summed E-state index contributed by atoms with van der Waals surface area (Å²) in [5, 5.41) is 1.49. The molecule has 0 aromatic carbocycles. The van der Waals surface area contributed by atoms with Crippen molar-refractivity contribution in [3.63, 3.8) is 0 Å². The molecule has 1 atom stereocenters. The summed E-state index contributed by atoms with van der Waals surface area (Å²) in [6, 6.07) is -0.192. The second-order valence-corrected chi connectivity index (χ2v) is 5.91. The second-order valence-electron chi connectivity index (χ2n) is 3.69. The van der Waals surface area contributed by atoms with Gasteiger partial charge in [-0.05, 0) is 6.42 Å². The largest absolute Gasteiger partial charge is 0.274 e. The molecule has 1 rings (SSSR count). The fourth-order valence-corrected chi connectivity index (χ4v) is 3.44. The van der Waals surface area contributed by atoms with Crippen molar-refractivity contribution in [2.24, 2.45) is 0 Å². The lowest BCUT2D eigenvalue weighted by atomic mass is 10.2. The van der Waals surface area contributed by atoms with Crippen molar-refractivity contribution in [2.45, 2.75) is 32.7 Å². The zero-order valence-electron chi connectivity index (χ0n) is 9.19. The molecule has 0 spiro atoms. The van der Waals surface area contributed by atoms with Crippen molar-refractivity contribution >= 4 is 15.7 Å². The molecule has 1 fully saturated rings. The van der Waals surface area contributed by atoms with Gasteiger partial charge in [-0.3, -0.25) is 9.80 Å². The molecule has 0 saturated carbocycles. The number of nitrogens with one attached hydrogen (secondary N) is 1. The summed E-state index contributed by atoms with van der Waals surface area (Å²) < 4.78 is 22.6. The Balaban J connectivity index is 2.69. The molecular weight excluding hydrogens is 216 g/mol. The number of carbonyl (C=O) groups is 1. The predicted molar refractivity (Wildman–Crippen MR) is 57.9 cm³/mol. The van der Waals surface area contributed by atoms with E-state index in [2.05, 4.69) is 5.43 Å². The average molecular weight is 234 g/mol. The summed E-state index contributed by atoms with van der Waals surface area (Å²) in [4.78, 5) is 11.6. The maximum atomic E-state index is 11.6. The smallest absolute Gasteiger partial charge is 0.236 e. The van der Waals surface area contributed by atoms with E-state index < -0.39 is 9.84 Å². The number of rotatable bonds is 4. The van der Waals surface area contributed by atoms with E-state index in [0.29, 0.717) is 19.4 Å². The van der Waals surface area contributed by atoms with E-state index in [1.807, 2.05) is 6.92 Å². The minimum atomic E-state index is -2.93.